The van der Waals surface area contributed by atoms with Crippen LogP contribution in [0.3, 0.4) is 0 Å². The van der Waals surface area contributed by atoms with Crippen LogP contribution in [0, 0.1) is 16.0 Å². The highest BCUT2D eigenvalue weighted by molar-refractivity contribution is 7.99. The summed E-state index contributed by atoms with van der Waals surface area (Å²) in [6.45, 7) is 4.06. The van der Waals surface area contributed by atoms with Gasteiger partial charge in [-0.2, -0.15) is 0 Å². The Labute approximate surface area is 221 Å². The van der Waals surface area contributed by atoms with Crippen molar-refractivity contribution in [3.63, 3.8) is 0 Å². The SMILES string of the molecule is CC(C)C[C@H](NC(=O)c1ccccc1Cl)c1nnc(SCC(=O)Nc2cc([N+](=O)[O-])ccc2Cl)n1C. The molecule has 0 spiro atoms. The number of carbonyl (C=O) groups excluding carboxylic acids is 2. The van der Waals surface area contributed by atoms with E-state index in [0.717, 1.165) is 11.8 Å². The van der Waals surface area contributed by atoms with E-state index in [-0.39, 0.29) is 34.0 Å². The van der Waals surface area contributed by atoms with E-state index < -0.39 is 16.9 Å². The van der Waals surface area contributed by atoms with Gasteiger partial charge in [0, 0.05) is 19.2 Å². The minimum atomic E-state index is -0.570. The number of non-ortho nitro benzene ring substituents is 1. The number of benzene rings is 2. The smallest absolute Gasteiger partial charge is 0.271 e. The van der Waals surface area contributed by atoms with E-state index in [4.69, 9.17) is 23.2 Å². The average Bonchev–Trinajstić information content (AvgIpc) is 3.18. The molecule has 0 bridgehead atoms. The zero-order chi connectivity index (χ0) is 26.4. The topological polar surface area (TPSA) is 132 Å². The number of hydrogen-bond acceptors (Lipinski definition) is 7. The monoisotopic (exact) mass is 550 g/mol. The van der Waals surface area contributed by atoms with E-state index in [9.17, 15) is 19.7 Å². The van der Waals surface area contributed by atoms with Crippen molar-refractivity contribution in [2.24, 2.45) is 13.0 Å². The molecule has 2 aromatic carbocycles. The molecule has 190 valence electrons. The summed E-state index contributed by atoms with van der Waals surface area (Å²) < 4.78 is 1.72. The van der Waals surface area contributed by atoms with Gasteiger partial charge in [0.25, 0.3) is 11.6 Å². The van der Waals surface area contributed by atoms with Gasteiger partial charge < -0.3 is 15.2 Å². The Hall–Kier alpha value is -3.15. The van der Waals surface area contributed by atoms with Crippen molar-refractivity contribution in [1.82, 2.24) is 20.1 Å². The summed E-state index contributed by atoms with van der Waals surface area (Å²) >= 11 is 13.4. The van der Waals surface area contributed by atoms with E-state index in [1.54, 1.807) is 35.9 Å². The van der Waals surface area contributed by atoms with Crippen LogP contribution in [0.5, 0.6) is 0 Å². The van der Waals surface area contributed by atoms with Crippen LogP contribution in [0.4, 0.5) is 11.4 Å². The number of nitro groups is 1. The quantitative estimate of drug-likeness (QED) is 0.199. The molecule has 0 aliphatic carbocycles. The number of nitro benzene ring substituents is 1. The summed E-state index contributed by atoms with van der Waals surface area (Å²) in [6, 6.07) is 10.2. The number of rotatable bonds is 10. The summed E-state index contributed by atoms with van der Waals surface area (Å²) in [5.41, 5.74) is 0.325. The number of halogens is 2. The van der Waals surface area contributed by atoms with Crippen LogP contribution in [0.25, 0.3) is 0 Å². The molecule has 0 fully saturated rings. The van der Waals surface area contributed by atoms with Crippen molar-refractivity contribution in [1.29, 1.82) is 0 Å². The van der Waals surface area contributed by atoms with Gasteiger partial charge in [-0.25, -0.2) is 0 Å². The molecule has 0 radical (unpaired) electrons. The average molecular weight is 551 g/mol. The molecule has 1 heterocycles. The van der Waals surface area contributed by atoms with Crippen molar-refractivity contribution in [3.8, 4) is 0 Å². The van der Waals surface area contributed by atoms with Gasteiger partial charge in [-0.15, -0.1) is 10.2 Å². The molecule has 36 heavy (non-hydrogen) atoms. The second kappa shape index (κ2) is 12.2. The molecule has 1 aromatic heterocycles. The first-order valence-electron chi connectivity index (χ1n) is 10.9. The normalized spacial score (nSPS) is 11.8. The van der Waals surface area contributed by atoms with E-state index in [1.807, 2.05) is 13.8 Å². The highest BCUT2D eigenvalue weighted by atomic mass is 35.5. The summed E-state index contributed by atoms with van der Waals surface area (Å²) in [5, 5.41) is 26.0. The first-order chi connectivity index (χ1) is 17.1. The third-order valence-electron chi connectivity index (χ3n) is 5.08. The maximum atomic E-state index is 12.9. The van der Waals surface area contributed by atoms with E-state index in [0.29, 0.717) is 28.0 Å². The lowest BCUT2D eigenvalue weighted by molar-refractivity contribution is -0.384. The second-order valence-corrected chi connectivity index (χ2v) is 10.1. The van der Waals surface area contributed by atoms with Crippen molar-refractivity contribution in [3.05, 3.63) is 74.0 Å². The number of hydrogen-bond donors (Lipinski definition) is 2. The van der Waals surface area contributed by atoms with Crippen LogP contribution in [0.2, 0.25) is 10.0 Å². The fraction of sp³-hybridized carbons (Fsp3) is 0.304. The molecular weight excluding hydrogens is 527 g/mol. The summed E-state index contributed by atoms with van der Waals surface area (Å²) in [6.07, 6.45) is 0.610. The van der Waals surface area contributed by atoms with Gasteiger partial charge in [-0.3, -0.25) is 19.7 Å². The predicted molar refractivity (Wildman–Crippen MR) is 140 cm³/mol. The Balaban J connectivity index is 1.70. The number of amides is 2. The lowest BCUT2D eigenvalue weighted by Gasteiger charge is -2.20. The molecule has 0 saturated heterocycles. The van der Waals surface area contributed by atoms with Crippen molar-refractivity contribution >= 4 is 58.2 Å². The second-order valence-electron chi connectivity index (χ2n) is 8.29. The molecule has 0 unspecified atom stereocenters. The third-order valence-corrected chi connectivity index (χ3v) is 6.76. The summed E-state index contributed by atoms with van der Waals surface area (Å²) in [4.78, 5) is 35.7. The highest BCUT2D eigenvalue weighted by Crippen LogP contribution is 2.28. The summed E-state index contributed by atoms with van der Waals surface area (Å²) in [7, 11) is 1.75. The number of aromatic nitrogens is 3. The summed E-state index contributed by atoms with van der Waals surface area (Å²) in [5.74, 6) is 0.00847. The lowest BCUT2D eigenvalue weighted by Crippen LogP contribution is -2.31. The number of anilines is 1. The molecule has 3 rings (SSSR count). The molecule has 13 heteroatoms. The first kappa shape index (κ1) is 27.4. The first-order valence-corrected chi connectivity index (χ1v) is 12.6. The van der Waals surface area contributed by atoms with Crippen LogP contribution < -0.4 is 10.6 Å². The van der Waals surface area contributed by atoms with Gasteiger partial charge in [0.2, 0.25) is 5.91 Å². The Morgan fingerprint density at radius 1 is 1.14 bits per heavy atom. The van der Waals surface area contributed by atoms with Crippen LogP contribution in [-0.2, 0) is 11.8 Å². The molecule has 0 aliphatic rings. The molecule has 1 atom stereocenters. The maximum Gasteiger partial charge on any atom is 0.271 e. The standard InChI is InChI=1S/C23H24Cl2N6O4S/c1-13(2)10-19(27-22(33)15-6-4-5-7-16(15)24)21-28-29-23(30(21)3)36-12-20(32)26-18-11-14(31(34)35)8-9-17(18)25/h4-9,11,13,19H,10,12H2,1-3H3,(H,26,32)(H,27,33)/t19-/m0/s1. The van der Waals surface area contributed by atoms with Crippen molar-refractivity contribution < 1.29 is 14.5 Å². The molecule has 0 saturated carbocycles. The van der Waals surface area contributed by atoms with E-state index in [1.165, 1.54) is 18.2 Å². The number of thioether (sulfide) groups is 1. The third kappa shape index (κ3) is 6.96. The molecule has 2 amide bonds. The lowest BCUT2D eigenvalue weighted by atomic mass is 10.0. The van der Waals surface area contributed by atoms with E-state index >= 15 is 0 Å². The fourth-order valence-electron chi connectivity index (χ4n) is 3.38. The number of carbonyl (C=O) groups is 2. The van der Waals surface area contributed by atoms with Gasteiger partial charge in [-0.05, 0) is 30.5 Å². The largest absolute Gasteiger partial charge is 0.342 e. The molecule has 3 aromatic rings. The zero-order valence-electron chi connectivity index (χ0n) is 19.7. The number of nitrogens with one attached hydrogen (secondary N) is 2. The van der Waals surface area contributed by atoms with Gasteiger partial charge >= 0.3 is 0 Å². The molecule has 0 aliphatic heterocycles. The Bertz CT molecular complexity index is 1280. The Morgan fingerprint density at radius 2 is 1.86 bits per heavy atom. The molecular formula is C23H24Cl2N6O4S. The van der Waals surface area contributed by atoms with Crippen molar-refractivity contribution in [2.75, 3.05) is 11.1 Å². The highest BCUT2D eigenvalue weighted by Gasteiger charge is 2.24. The zero-order valence-corrected chi connectivity index (χ0v) is 22.0. The van der Waals surface area contributed by atoms with Gasteiger partial charge in [0.15, 0.2) is 11.0 Å². The number of nitrogens with zero attached hydrogens (tertiary/aromatic N) is 4. The van der Waals surface area contributed by atoms with Gasteiger partial charge in [0.1, 0.15) is 0 Å². The Morgan fingerprint density at radius 3 is 2.53 bits per heavy atom. The predicted octanol–water partition coefficient (Wildman–Crippen LogP) is 5.28. The van der Waals surface area contributed by atoms with Crippen LogP contribution in [-0.4, -0.2) is 37.3 Å². The van der Waals surface area contributed by atoms with Crippen LogP contribution in [0.1, 0.15) is 42.5 Å². The van der Waals surface area contributed by atoms with E-state index in [2.05, 4.69) is 20.8 Å². The molecule has 10 nitrogen and oxygen atoms in total. The Kier molecular flexibility index (Phi) is 9.30. The minimum Gasteiger partial charge on any atom is -0.342 e. The fourth-order valence-corrected chi connectivity index (χ4v) is 4.48. The molecule has 2 N–H and O–H groups in total. The van der Waals surface area contributed by atoms with Gasteiger partial charge in [-0.1, -0.05) is 60.9 Å². The van der Waals surface area contributed by atoms with Crippen LogP contribution in [0.15, 0.2) is 47.6 Å². The van der Waals surface area contributed by atoms with Crippen molar-refractivity contribution in [2.45, 2.75) is 31.5 Å². The van der Waals surface area contributed by atoms with Crippen LogP contribution >= 0.6 is 35.0 Å². The van der Waals surface area contributed by atoms with Gasteiger partial charge in [0.05, 0.1) is 38.0 Å². The maximum absolute atomic E-state index is 12.9. The minimum absolute atomic E-state index is 0.0359.